The Labute approximate surface area is 317 Å². The van der Waals surface area contributed by atoms with E-state index in [0.717, 1.165) is 61.2 Å². The lowest BCUT2D eigenvalue weighted by Gasteiger charge is -2.28. The average Bonchev–Trinajstić information content (AvgIpc) is 3.84. The number of para-hydroxylation sites is 1. The van der Waals surface area contributed by atoms with Crippen molar-refractivity contribution in [2.45, 2.75) is 0 Å². The van der Waals surface area contributed by atoms with Gasteiger partial charge in [0, 0.05) is 39.3 Å². The predicted octanol–water partition coefficient (Wildman–Crippen LogP) is 14.5. The van der Waals surface area contributed by atoms with Gasteiger partial charge in [0.15, 0.2) is 5.58 Å². The number of fused-ring (bicyclic) bond motifs is 7. The van der Waals surface area contributed by atoms with Crippen LogP contribution < -0.4 is 4.90 Å². The van der Waals surface area contributed by atoms with Crippen LogP contribution in [-0.4, -0.2) is 4.98 Å². The number of hydrogen-bond acceptors (Lipinski definition) is 4. The zero-order valence-electron chi connectivity index (χ0n) is 29.7. The Morgan fingerprint density at radius 3 is 1.85 bits per heavy atom. The Kier molecular flexibility index (Phi) is 7.14. The van der Waals surface area contributed by atoms with Gasteiger partial charge in [-0.05, 0) is 98.9 Å². The summed E-state index contributed by atoms with van der Waals surface area (Å²) >= 11 is 0. The maximum absolute atomic E-state index is 6.44. The Balaban J connectivity index is 1.00. The summed E-state index contributed by atoms with van der Waals surface area (Å²) in [6.07, 6.45) is 0. The molecule has 2 aromatic heterocycles. The number of furan rings is 1. The molecule has 55 heavy (non-hydrogen) atoms. The van der Waals surface area contributed by atoms with E-state index >= 15 is 0 Å². The molecule has 0 aliphatic heterocycles. The van der Waals surface area contributed by atoms with Gasteiger partial charge in [-0.1, -0.05) is 127 Å². The third-order valence-electron chi connectivity index (χ3n) is 10.7. The van der Waals surface area contributed by atoms with Gasteiger partial charge >= 0.3 is 0 Å². The van der Waals surface area contributed by atoms with Crippen LogP contribution >= 0.6 is 0 Å². The van der Waals surface area contributed by atoms with E-state index in [0.29, 0.717) is 11.5 Å². The van der Waals surface area contributed by atoms with Gasteiger partial charge in [0.2, 0.25) is 5.89 Å². The SMILES string of the molecule is c1ccc(-c2nc3cc4c(cc3o2)oc2cc(-c3ccc(N(c5ccc6ccc7ccccc7c6c5)c5ccccc5-c5ccccc5)cc3)ccc24)cc1. The molecule has 0 saturated carbocycles. The molecular formula is C51H32N2O2. The van der Waals surface area contributed by atoms with Crippen molar-refractivity contribution < 1.29 is 8.83 Å². The molecular weight excluding hydrogens is 673 g/mol. The molecule has 0 spiro atoms. The van der Waals surface area contributed by atoms with Crippen molar-refractivity contribution >= 4 is 71.6 Å². The van der Waals surface area contributed by atoms with Crippen molar-refractivity contribution in [1.82, 2.24) is 4.98 Å². The van der Waals surface area contributed by atoms with Crippen LogP contribution in [0.3, 0.4) is 0 Å². The molecule has 9 aromatic carbocycles. The molecule has 0 unspecified atom stereocenters. The summed E-state index contributed by atoms with van der Waals surface area (Å²) in [5, 5.41) is 7.00. The zero-order valence-corrected chi connectivity index (χ0v) is 29.7. The second kappa shape index (κ2) is 12.6. The molecule has 11 aromatic rings. The highest BCUT2D eigenvalue weighted by atomic mass is 16.4. The molecule has 0 fully saturated rings. The first-order valence-corrected chi connectivity index (χ1v) is 18.5. The molecule has 0 amide bonds. The lowest BCUT2D eigenvalue weighted by molar-refractivity contribution is 0.617. The maximum atomic E-state index is 6.44. The van der Waals surface area contributed by atoms with Gasteiger partial charge in [0.05, 0.1) is 5.69 Å². The number of rotatable bonds is 6. The van der Waals surface area contributed by atoms with Crippen molar-refractivity contribution in [3.8, 4) is 33.7 Å². The van der Waals surface area contributed by atoms with Gasteiger partial charge in [0.1, 0.15) is 16.7 Å². The molecule has 11 rings (SSSR count). The Hall–Kier alpha value is -7.43. The topological polar surface area (TPSA) is 42.4 Å². The van der Waals surface area contributed by atoms with E-state index in [1.165, 1.54) is 32.7 Å². The Bertz CT molecular complexity index is 3200. The van der Waals surface area contributed by atoms with E-state index in [1.54, 1.807) is 0 Å². The fraction of sp³-hybridized carbons (Fsp3) is 0. The highest BCUT2D eigenvalue weighted by molar-refractivity contribution is 6.10. The van der Waals surface area contributed by atoms with Crippen molar-refractivity contribution in [2.24, 2.45) is 0 Å². The van der Waals surface area contributed by atoms with Crippen molar-refractivity contribution in [3.05, 3.63) is 194 Å². The summed E-state index contributed by atoms with van der Waals surface area (Å²) in [5.41, 5.74) is 11.9. The van der Waals surface area contributed by atoms with Crippen LogP contribution in [-0.2, 0) is 0 Å². The first-order chi connectivity index (χ1) is 27.2. The van der Waals surface area contributed by atoms with Gasteiger partial charge < -0.3 is 13.7 Å². The zero-order chi connectivity index (χ0) is 36.3. The van der Waals surface area contributed by atoms with Crippen LogP contribution in [0, 0.1) is 0 Å². The minimum absolute atomic E-state index is 0.606. The van der Waals surface area contributed by atoms with Gasteiger partial charge in [-0.25, -0.2) is 4.98 Å². The Morgan fingerprint density at radius 1 is 0.364 bits per heavy atom. The summed E-state index contributed by atoms with van der Waals surface area (Å²) in [4.78, 5) is 7.17. The van der Waals surface area contributed by atoms with E-state index in [2.05, 4.69) is 163 Å². The first kappa shape index (κ1) is 31.1. The number of nitrogens with zero attached hydrogens (tertiary/aromatic N) is 2. The standard InChI is InChI=1S/C51H32N2O2/c1-3-11-34(12-4-1)42-17-9-10-18-47(42)53(40-27-23-36-20-19-35-13-7-8-16-41(35)44(36)30-40)39-25-21-33(22-26-39)38-24-28-43-45-31-46-50(32-49(45)54-48(43)29-38)55-51(52-46)37-14-5-2-6-15-37/h1-32H. The number of benzene rings is 9. The van der Waals surface area contributed by atoms with Crippen LogP contribution in [0.25, 0.3) is 88.3 Å². The molecule has 0 N–H and O–H groups in total. The summed E-state index contributed by atoms with van der Waals surface area (Å²) in [5.74, 6) is 0.606. The molecule has 4 heteroatoms. The smallest absolute Gasteiger partial charge is 0.227 e. The van der Waals surface area contributed by atoms with Gasteiger partial charge in [0.25, 0.3) is 0 Å². The largest absolute Gasteiger partial charge is 0.456 e. The molecule has 0 radical (unpaired) electrons. The fourth-order valence-corrected chi connectivity index (χ4v) is 7.97. The van der Waals surface area contributed by atoms with E-state index in [9.17, 15) is 0 Å². The summed E-state index contributed by atoms with van der Waals surface area (Å²) in [6, 6.07) is 68.4. The fourth-order valence-electron chi connectivity index (χ4n) is 7.97. The van der Waals surface area contributed by atoms with Crippen LogP contribution in [0.4, 0.5) is 17.1 Å². The maximum Gasteiger partial charge on any atom is 0.227 e. The van der Waals surface area contributed by atoms with Gasteiger partial charge in [-0.2, -0.15) is 0 Å². The van der Waals surface area contributed by atoms with Crippen LogP contribution in [0.1, 0.15) is 0 Å². The molecule has 0 atom stereocenters. The summed E-state index contributed by atoms with van der Waals surface area (Å²) in [6.45, 7) is 0. The van der Waals surface area contributed by atoms with Crippen molar-refractivity contribution in [2.75, 3.05) is 4.90 Å². The van der Waals surface area contributed by atoms with E-state index < -0.39 is 0 Å². The molecule has 0 saturated heterocycles. The van der Waals surface area contributed by atoms with Crippen molar-refractivity contribution in [1.29, 1.82) is 0 Å². The predicted molar refractivity (Wildman–Crippen MR) is 227 cm³/mol. The lowest BCUT2D eigenvalue weighted by atomic mass is 9.99. The normalized spacial score (nSPS) is 11.6. The molecule has 0 aliphatic rings. The minimum Gasteiger partial charge on any atom is -0.456 e. The second-order valence-electron chi connectivity index (χ2n) is 14.0. The Morgan fingerprint density at radius 2 is 1.02 bits per heavy atom. The van der Waals surface area contributed by atoms with E-state index in [1.807, 2.05) is 36.4 Å². The van der Waals surface area contributed by atoms with E-state index in [4.69, 9.17) is 13.8 Å². The highest BCUT2D eigenvalue weighted by Crippen LogP contribution is 2.43. The molecule has 4 nitrogen and oxygen atoms in total. The van der Waals surface area contributed by atoms with E-state index in [-0.39, 0.29) is 0 Å². The molecule has 258 valence electrons. The quantitative estimate of drug-likeness (QED) is 0.162. The monoisotopic (exact) mass is 704 g/mol. The van der Waals surface area contributed by atoms with Gasteiger partial charge in [-0.3, -0.25) is 0 Å². The summed E-state index contributed by atoms with van der Waals surface area (Å²) in [7, 11) is 0. The van der Waals surface area contributed by atoms with Crippen LogP contribution in [0.2, 0.25) is 0 Å². The van der Waals surface area contributed by atoms with Gasteiger partial charge in [-0.15, -0.1) is 0 Å². The number of oxazole rings is 1. The second-order valence-corrected chi connectivity index (χ2v) is 14.0. The number of hydrogen-bond donors (Lipinski definition) is 0. The molecule has 0 aliphatic carbocycles. The third kappa shape index (κ3) is 5.34. The van der Waals surface area contributed by atoms with Crippen LogP contribution in [0.5, 0.6) is 0 Å². The minimum atomic E-state index is 0.606. The third-order valence-corrected chi connectivity index (χ3v) is 10.7. The number of anilines is 3. The lowest BCUT2D eigenvalue weighted by Crippen LogP contribution is -2.11. The number of aromatic nitrogens is 1. The summed E-state index contributed by atoms with van der Waals surface area (Å²) < 4.78 is 12.6. The molecule has 2 heterocycles. The van der Waals surface area contributed by atoms with Crippen LogP contribution in [0.15, 0.2) is 203 Å². The highest BCUT2D eigenvalue weighted by Gasteiger charge is 2.19. The van der Waals surface area contributed by atoms with Crippen molar-refractivity contribution in [3.63, 3.8) is 0 Å². The average molecular weight is 705 g/mol. The molecule has 0 bridgehead atoms. The first-order valence-electron chi connectivity index (χ1n) is 18.5.